The lowest BCUT2D eigenvalue weighted by molar-refractivity contribution is -0.0839. The smallest absolute Gasteiger partial charge is 0.0818 e. The summed E-state index contributed by atoms with van der Waals surface area (Å²) in [7, 11) is 0. The van der Waals surface area contributed by atoms with E-state index in [0.29, 0.717) is 17.5 Å². The Morgan fingerprint density at radius 2 is 1.70 bits per heavy atom. The van der Waals surface area contributed by atoms with E-state index in [9.17, 15) is 0 Å². The second kappa shape index (κ2) is 8.37. The lowest BCUT2D eigenvalue weighted by Crippen LogP contribution is -2.62. The third-order valence-corrected chi connectivity index (χ3v) is 9.96. The summed E-state index contributed by atoms with van der Waals surface area (Å²) in [5.74, 6) is 3.25. The third kappa shape index (κ3) is 3.73. The molecular formula is C26H37ClN2S. The van der Waals surface area contributed by atoms with Gasteiger partial charge in [-0.15, -0.1) is 11.6 Å². The maximum atomic E-state index is 6.22. The first-order valence-electron chi connectivity index (χ1n) is 12.2. The molecule has 1 aromatic carbocycles. The fraction of sp³-hybridized carbons (Fsp3) is 0.731. The Bertz CT molecular complexity index is 742. The molecule has 3 N–H and O–H groups in total. The molecule has 164 valence electrons. The standard InChI is InChI=1S/C26H37ClN2S/c27-12-4-7-23-18-13-25(20-5-2-1-3-6-20)14-19(23)16-26(15-18,17-25)24(30)29-22-10-8-21(28)9-11-22/h1-3,5-6,18-19,21-23H,4,7-17,28H2,(H,29,30)/t18?,19?,21-,22-,23?,25?,26?. The predicted octanol–water partition coefficient (Wildman–Crippen LogP) is 5.96. The van der Waals surface area contributed by atoms with Crippen molar-refractivity contribution in [2.24, 2.45) is 28.9 Å². The highest BCUT2D eigenvalue weighted by Gasteiger charge is 2.62. The molecule has 4 bridgehead atoms. The van der Waals surface area contributed by atoms with Crippen molar-refractivity contribution in [3.8, 4) is 0 Å². The van der Waals surface area contributed by atoms with Gasteiger partial charge in [-0.25, -0.2) is 0 Å². The van der Waals surface area contributed by atoms with Gasteiger partial charge in [0.25, 0.3) is 0 Å². The van der Waals surface area contributed by atoms with E-state index in [0.717, 1.165) is 42.9 Å². The van der Waals surface area contributed by atoms with Crippen LogP contribution in [0.25, 0.3) is 0 Å². The van der Waals surface area contributed by atoms with Crippen LogP contribution in [-0.4, -0.2) is 23.0 Å². The van der Waals surface area contributed by atoms with Crippen LogP contribution >= 0.6 is 23.8 Å². The Labute approximate surface area is 192 Å². The quantitative estimate of drug-likeness (QED) is 0.420. The third-order valence-electron chi connectivity index (χ3n) is 9.15. The van der Waals surface area contributed by atoms with Crippen LogP contribution in [-0.2, 0) is 5.41 Å². The van der Waals surface area contributed by atoms with Crippen molar-refractivity contribution in [2.75, 3.05) is 5.88 Å². The summed E-state index contributed by atoms with van der Waals surface area (Å²) in [6.07, 6.45) is 13.6. The van der Waals surface area contributed by atoms with Gasteiger partial charge in [0, 0.05) is 23.4 Å². The Morgan fingerprint density at radius 1 is 1.03 bits per heavy atom. The molecule has 0 aliphatic heterocycles. The topological polar surface area (TPSA) is 38.0 Å². The van der Waals surface area contributed by atoms with E-state index in [1.165, 1.54) is 56.4 Å². The SMILES string of the molecule is N[C@H]1CC[C@H](NC(=S)C23CC4CC(c5ccccc5)(CC(C2)C4CCCCl)C3)CC1. The van der Waals surface area contributed by atoms with Crippen LogP contribution in [0.2, 0.25) is 0 Å². The molecular weight excluding hydrogens is 408 g/mol. The van der Waals surface area contributed by atoms with Crippen molar-refractivity contribution < 1.29 is 0 Å². The molecule has 0 heterocycles. The molecule has 5 aliphatic carbocycles. The minimum Gasteiger partial charge on any atom is -0.376 e. The Balaban J connectivity index is 1.41. The van der Waals surface area contributed by atoms with Crippen molar-refractivity contribution in [3.63, 3.8) is 0 Å². The van der Waals surface area contributed by atoms with Crippen molar-refractivity contribution in [1.82, 2.24) is 5.32 Å². The van der Waals surface area contributed by atoms with Crippen LogP contribution in [0.1, 0.15) is 76.2 Å². The van der Waals surface area contributed by atoms with E-state index in [4.69, 9.17) is 29.6 Å². The van der Waals surface area contributed by atoms with Crippen molar-refractivity contribution >= 4 is 28.8 Å². The molecule has 0 aromatic heterocycles. The van der Waals surface area contributed by atoms with E-state index < -0.39 is 0 Å². The number of nitrogens with one attached hydrogen (secondary N) is 1. The van der Waals surface area contributed by atoms with Gasteiger partial charge in [0.1, 0.15) is 0 Å². The molecule has 0 saturated heterocycles. The average Bonchev–Trinajstić information content (AvgIpc) is 2.75. The fourth-order valence-electron chi connectivity index (χ4n) is 8.03. The van der Waals surface area contributed by atoms with E-state index in [1.807, 2.05) is 0 Å². The first-order chi connectivity index (χ1) is 14.5. The molecule has 2 nitrogen and oxygen atoms in total. The van der Waals surface area contributed by atoms with Crippen LogP contribution in [0.5, 0.6) is 0 Å². The lowest BCUT2D eigenvalue weighted by atomic mass is 9.40. The van der Waals surface area contributed by atoms with Crippen LogP contribution in [0.15, 0.2) is 30.3 Å². The molecule has 2 atom stereocenters. The number of alkyl halides is 1. The summed E-state index contributed by atoms with van der Waals surface area (Å²) in [5.41, 5.74) is 8.23. The number of rotatable bonds is 6. The van der Waals surface area contributed by atoms with Gasteiger partial charge in [-0.2, -0.15) is 0 Å². The number of hydrogen-bond acceptors (Lipinski definition) is 2. The predicted molar refractivity (Wildman–Crippen MR) is 130 cm³/mol. The fourth-order valence-corrected chi connectivity index (χ4v) is 8.59. The van der Waals surface area contributed by atoms with Crippen molar-refractivity contribution in [2.45, 2.75) is 88.1 Å². The minimum absolute atomic E-state index is 0.202. The summed E-state index contributed by atoms with van der Waals surface area (Å²) in [4.78, 5) is 1.19. The van der Waals surface area contributed by atoms with Gasteiger partial charge in [-0.1, -0.05) is 42.5 Å². The van der Waals surface area contributed by atoms with E-state index in [-0.39, 0.29) is 5.41 Å². The second-order valence-electron chi connectivity index (χ2n) is 11.0. The molecule has 4 heteroatoms. The van der Waals surface area contributed by atoms with E-state index in [1.54, 1.807) is 5.56 Å². The van der Waals surface area contributed by atoms with Crippen molar-refractivity contribution in [1.29, 1.82) is 0 Å². The van der Waals surface area contributed by atoms with Crippen LogP contribution in [0.4, 0.5) is 0 Å². The number of benzene rings is 1. The molecule has 5 saturated carbocycles. The van der Waals surface area contributed by atoms with Crippen LogP contribution < -0.4 is 11.1 Å². The highest BCUT2D eigenvalue weighted by atomic mass is 35.5. The maximum Gasteiger partial charge on any atom is 0.0818 e. The van der Waals surface area contributed by atoms with Crippen LogP contribution in [0.3, 0.4) is 0 Å². The first kappa shape index (κ1) is 21.2. The number of hydrogen-bond donors (Lipinski definition) is 2. The lowest BCUT2D eigenvalue weighted by Gasteiger charge is -2.65. The second-order valence-corrected chi connectivity index (χ2v) is 11.8. The molecule has 2 unspecified atom stereocenters. The van der Waals surface area contributed by atoms with Gasteiger partial charge in [0.05, 0.1) is 4.99 Å². The zero-order valence-electron chi connectivity index (χ0n) is 18.1. The molecule has 0 radical (unpaired) electrons. The summed E-state index contributed by atoms with van der Waals surface area (Å²) < 4.78 is 0. The largest absolute Gasteiger partial charge is 0.376 e. The van der Waals surface area contributed by atoms with E-state index >= 15 is 0 Å². The Kier molecular flexibility index (Phi) is 5.92. The number of halogens is 1. The molecule has 5 fully saturated rings. The monoisotopic (exact) mass is 444 g/mol. The van der Waals surface area contributed by atoms with Gasteiger partial charge >= 0.3 is 0 Å². The Morgan fingerprint density at radius 3 is 2.33 bits per heavy atom. The molecule has 0 spiro atoms. The zero-order chi connectivity index (χ0) is 20.8. The molecule has 0 amide bonds. The summed E-state index contributed by atoms with van der Waals surface area (Å²) >= 11 is 12.3. The number of thiocarbonyl (C=S) groups is 1. The normalized spacial score (nSPS) is 42.3. The number of nitrogens with two attached hydrogens (primary N) is 1. The summed E-state index contributed by atoms with van der Waals surface area (Å²) in [5, 5.41) is 3.88. The van der Waals surface area contributed by atoms with Gasteiger partial charge in [-0.05, 0) is 99.4 Å². The Hall–Kier alpha value is -0.640. The summed E-state index contributed by atoms with van der Waals surface area (Å²) in [6.45, 7) is 0. The molecule has 1 aromatic rings. The first-order valence-corrected chi connectivity index (χ1v) is 13.2. The van der Waals surface area contributed by atoms with Gasteiger partial charge in [0.15, 0.2) is 0 Å². The van der Waals surface area contributed by atoms with Gasteiger partial charge in [0.2, 0.25) is 0 Å². The zero-order valence-corrected chi connectivity index (χ0v) is 19.7. The molecule has 30 heavy (non-hydrogen) atoms. The molecule has 6 rings (SSSR count). The van der Waals surface area contributed by atoms with Crippen LogP contribution in [0, 0.1) is 23.2 Å². The average molecular weight is 445 g/mol. The highest BCUT2D eigenvalue weighted by molar-refractivity contribution is 7.80. The van der Waals surface area contributed by atoms with Gasteiger partial charge < -0.3 is 11.1 Å². The summed E-state index contributed by atoms with van der Waals surface area (Å²) in [6, 6.07) is 12.3. The van der Waals surface area contributed by atoms with E-state index in [2.05, 4.69) is 35.6 Å². The van der Waals surface area contributed by atoms with Crippen molar-refractivity contribution in [3.05, 3.63) is 35.9 Å². The highest BCUT2D eigenvalue weighted by Crippen LogP contribution is 2.68. The minimum atomic E-state index is 0.202. The van der Waals surface area contributed by atoms with Gasteiger partial charge in [-0.3, -0.25) is 0 Å². The molecule has 5 aliphatic rings. The maximum absolute atomic E-state index is 6.22.